The van der Waals surface area contributed by atoms with Gasteiger partial charge in [-0.05, 0) is 55.2 Å². The summed E-state index contributed by atoms with van der Waals surface area (Å²) in [5.74, 6) is -0.383. The molecule has 3 amide bonds. The van der Waals surface area contributed by atoms with Crippen LogP contribution >= 0.6 is 0 Å². The van der Waals surface area contributed by atoms with Crippen molar-refractivity contribution in [1.82, 2.24) is 10.3 Å². The zero-order valence-corrected chi connectivity index (χ0v) is 18.3. The third-order valence-electron chi connectivity index (χ3n) is 6.87. The Morgan fingerprint density at radius 1 is 1.14 bits per heavy atom. The number of amides is 3. The first-order valence-corrected chi connectivity index (χ1v) is 11.2. The number of carbonyl (C=O) groups is 2. The van der Waals surface area contributed by atoms with E-state index in [0.717, 1.165) is 24.1 Å². The van der Waals surface area contributed by atoms with Gasteiger partial charge in [0.05, 0.1) is 5.54 Å². The molecule has 2 aromatic carbocycles. The third-order valence-corrected chi connectivity index (χ3v) is 6.87. The Kier molecular flexibility index (Phi) is 4.67. The van der Waals surface area contributed by atoms with E-state index < -0.39 is 23.2 Å². The number of benzene rings is 2. The molecule has 8 nitrogen and oxygen atoms in total. The van der Waals surface area contributed by atoms with Crippen LogP contribution in [0.25, 0.3) is 0 Å². The minimum absolute atomic E-state index is 0.0894. The lowest BCUT2D eigenvalue weighted by Crippen LogP contribution is -2.36. The van der Waals surface area contributed by atoms with E-state index >= 15 is 0 Å². The van der Waals surface area contributed by atoms with E-state index in [1.54, 1.807) is 30.5 Å². The maximum absolute atomic E-state index is 13.4. The molecule has 1 aliphatic heterocycles. The summed E-state index contributed by atoms with van der Waals surface area (Å²) in [6.07, 6.45) is 3.17. The molecule has 6 rings (SSSR count). The Morgan fingerprint density at radius 2 is 2.00 bits per heavy atom. The highest BCUT2D eigenvalue weighted by Crippen LogP contribution is 2.77. The van der Waals surface area contributed by atoms with Crippen molar-refractivity contribution < 1.29 is 28.2 Å². The van der Waals surface area contributed by atoms with Gasteiger partial charge in [0.2, 0.25) is 5.91 Å². The summed E-state index contributed by atoms with van der Waals surface area (Å²) >= 11 is 0. The minimum Gasteiger partial charge on any atom is -0.508 e. The van der Waals surface area contributed by atoms with Gasteiger partial charge >= 0.3 is 6.03 Å². The van der Waals surface area contributed by atoms with Gasteiger partial charge in [0.15, 0.2) is 11.6 Å². The number of halogens is 2. The summed E-state index contributed by atoms with van der Waals surface area (Å²) in [4.78, 5) is 28.3. The van der Waals surface area contributed by atoms with Crippen LogP contribution in [0, 0.1) is 17.6 Å². The van der Waals surface area contributed by atoms with Crippen molar-refractivity contribution in [3.8, 4) is 17.2 Å². The van der Waals surface area contributed by atoms with Gasteiger partial charge in [0, 0.05) is 41.4 Å². The summed E-state index contributed by atoms with van der Waals surface area (Å²) < 4.78 is 32.6. The SMILES string of the molecule is O=C1CCc2c(Oc3ccc(O)c(C4C5CC54NC(=O)Nc4ccc(F)c(F)c4)c3)ccnc2N1. The number of fused-ring (bicyclic) bond motifs is 2. The molecule has 3 unspecified atom stereocenters. The van der Waals surface area contributed by atoms with Crippen LogP contribution in [-0.2, 0) is 11.2 Å². The highest BCUT2D eigenvalue weighted by molar-refractivity contribution is 5.93. The van der Waals surface area contributed by atoms with Crippen molar-refractivity contribution in [1.29, 1.82) is 0 Å². The van der Waals surface area contributed by atoms with Crippen LogP contribution in [0.5, 0.6) is 17.2 Å². The van der Waals surface area contributed by atoms with E-state index in [2.05, 4.69) is 20.9 Å². The van der Waals surface area contributed by atoms with Crippen molar-refractivity contribution in [2.75, 3.05) is 10.6 Å². The lowest BCUT2D eigenvalue weighted by atomic mass is 9.99. The normalized spacial score (nSPS) is 23.4. The van der Waals surface area contributed by atoms with Crippen LogP contribution in [0.15, 0.2) is 48.7 Å². The molecule has 1 aromatic heterocycles. The van der Waals surface area contributed by atoms with Crippen molar-refractivity contribution in [2.24, 2.45) is 5.92 Å². The van der Waals surface area contributed by atoms with Gasteiger partial charge in [-0.1, -0.05) is 0 Å². The number of urea groups is 1. The molecule has 0 radical (unpaired) electrons. The average Bonchev–Trinajstić information content (AvgIpc) is 3.68. The maximum Gasteiger partial charge on any atom is 0.319 e. The zero-order chi connectivity index (χ0) is 24.3. The molecule has 0 spiro atoms. The first-order valence-electron chi connectivity index (χ1n) is 11.2. The molecule has 0 bridgehead atoms. The number of phenolic OH excluding ortho intramolecular Hbond substituents is 1. The number of ether oxygens (including phenoxy) is 1. The molecule has 2 saturated carbocycles. The molecule has 2 aliphatic carbocycles. The van der Waals surface area contributed by atoms with Gasteiger partial charge in [-0.25, -0.2) is 18.6 Å². The van der Waals surface area contributed by atoms with Gasteiger partial charge in [0.25, 0.3) is 0 Å². The second kappa shape index (κ2) is 7.66. The van der Waals surface area contributed by atoms with E-state index in [-0.39, 0.29) is 29.2 Å². The van der Waals surface area contributed by atoms with Gasteiger partial charge in [-0.3, -0.25) is 4.79 Å². The number of nitrogens with zero attached hydrogens (tertiary/aromatic N) is 1. The highest BCUT2D eigenvalue weighted by atomic mass is 19.2. The number of aromatic nitrogens is 1. The fourth-order valence-electron chi connectivity index (χ4n) is 4.90. The molecule has 3 aliphatic rings. The molecule has 178 valence electrons. The van der Waals surface area contributed by atoms with Crippen LogP contribution in [0.4, 0.5) is 25.1 Å². The number of aromatic hydroxyl groups is 1. The number of pyridine rings is 1. The van der Waals surface area contributed by atoms with Crippen LogP contribution in [0.1, 0.15) is 29.9 Å². The first-order chi connectivity index (χ1) is 16.8. The summed E-state index contributed by atoms with van der Waals surface area (Å²) in [7, 11) is 0. The highest BCUT2D eigenvalue weighted by Gasteiger charge is 2.80. The molecule has 3 aromatic rings. The zero-order valence-electron chi connectivity index (χ0n) is 18.3. The summed E-state index contributed by atoms with van der Waals surface area (Å²) in [6.45, 7) is 0. The second-order valence-electron chi connectivity index (χ2n) is 9.04. The number of nitrogens with one attached hydrogen (secondary N) is 3. The quantitative estimate of drug-likeness (QED) is 0.434. The number of carbonyl (C=O) groups excluding carboxylic acids is 2. The largest absolute Gasteiger partial charge is 0.508 e. The summed E-state index contributed by atoms with van der Waals surface area (Å²) in [5, 5.41) is 18.7. The molecular formula is C25H20F2N4O4. The van der Waals surface area contributed by atoms with E-state index in [9.17, 15) is 23.5 Å². The number of phenols is 1. The predicted molar refractivity (Wildman–Crippen MR) is 121 cm³/mol. The Labute approximate surface area is 198 Å². The summed E-state index contributed by atoms with van der Waals surface area (Å²) in [5.41, 5.74) is 1.12. The lowest BCUT2D eigenvalue weighted by molar-refractivity contribution is -0.116. The van der Waals surface area contributed by atoms with Crippen molar-refractivity contribution >= 4 is 23.4 Å². The van der Waals surface area contributed by atoms with Gasteiger partial charge in [-0.2, -0.15) is 0 Å². The monoisotopic (exact) mass is 478 g/mol. The summed E-state index contributed by atoms with van der Waals surface area (Å²) in [6, 6.07) is 9.28. The Balaban J connectivity index is 1.17. The second-order valence-corrected chi connectivity index (χ2v) is 9.04. The fourth-order valence-corrected chi connectivity index (χ4v) is 4.90. The van der Waals surface area contributed by atoms with Crippen LogP contribution < -0.4 is 20.7 Å². The number of hydrogen-bond acceptors (Lipinski definition) is 5. The van der Waals surface area contributed by atoms with E-state index in [1.165, 1.54) is 6.07 Å². The van der Waals surface area contributed by atoms with Crippen LogP contribution in [-0.4, -0.2) is 27.6 Å². The van der Waals surface area contributed by atoms with Crippen LogP contribution in [0.3, 0.4) is 0 Å². The van der Waals surface area contributed by atoms with Crippen molar-refractivity contribution in [2.45, 2.75) is 30.7 Å². The molecular weight excluding hydrogens is 458 g/mol. The average molecular weight is 478 g/mol. The van der Waals surface area contributed by atoms with Gasteiger partial charge in [0.1, 0.15) is 23.1 Å². The maximum atomic E-state index is 13.4. The van der Waals surface area contributed by atoms with Crippen molar-refractivity contribution in [3.63, 3.8) is 0 Å². The molecule has 3 atom stereocenters. The third kappa shape index (κ3) is 3.71. The smallest absolute Gasteiger partial charge is 0.319 e. The minimum atomic E-state index is -1.05. The van der Waals surface area contributed by atoms with Gasteiger partial charge in [-0.15, -0.1) is 0 Å². The fraction of sp³-hybridized carbons (Fsp3) is 0.240. The Hall–Kier alpha value is -4.21. The number of anilines is 2. The van der Waals surface area contributed by atoms with Crippen LogP contribution in [0.2, 0.25) is 0 Å². The molecule has 4 N–H and O–H groups in total. The molecule has 2 fully saturated rings. The Bertz CT molecular complexity index is 1400. The molecule has 2 heterocycles. The predicted octanol–water partition coefficient (Wildman–Crippen LogP) is 4.42. The van der Waals surface area contributed by atoms with Crippen molar-refractivity contribution in [3.05, 3.63) is 71.4 Å². The van der Waals surface area contributed by atoms with E-state index in [0.29, 0.717) is 35.7 Å². The molecule has 0 saturated heterocycles. The Morgan fingerprint density at radius 3 is 2.80 bits per heavy atom. The number of hydrogen-bond donors (Lipinski definition) is 4. The molecule has 10 heteroatoms. The topological polar surface area (TPSA) is 113 Å². The molecule has 35 heavy (non-hydrogen) atoms. The lowest BCUT2D eigenvalue weighted by Gasteiger charge is -2.20. The standard InChI is InChI=1S/C25H20F2N4O4/c26-17-4-1-12(9-18(17)27)29-24(34)31-25-11-16(25)22(25)15-10-13(2-5-19(15)32)35-20-7-8-28-23-14(20)3-6-21(33)30-23/h1-2,4-5,7-10,16,22,32H,3,6,11H2,(H,28,30,33)(H2,29,31,34). The van der Waals surface area contributed by atoms with E-state index in [4.69, 9.17) is 4.74 Å². The van der Waals surface area contributed by atoms with Gasteiger partial charge < -0.3 is 25.8 Å². The number of rotatable bonds is 5. The van der Waals surface area contributed by atoms with E-state index in [1.807, 2.05) is 0 Å². The first kappa shape index (κ1) is 21.3.